The number of nitrogens with one attached hydrogen (secondary N) is 1. The summed E-state index contributed by atoms with van der Waals surface area (Å²) in [5, 5.41) is 3.66. The average molecular weight is 322 g/mol. The molecule has 0 saturated carbocycles. The highest BCUT2D eigenvalue weighted by molar-refractivity contribution is 5.82. The number of benzene rings is 1. The molecular weight excluding hydrogens is 309 g/mol. The first-order valence-corrected chi connectivity index (χ1v) is 6.63. The molecule has 2 rings (SSSR count). The number of halogens is 3. The predicted octanol–water partition coefficient (Wildman–Crippen LogP) is 3.66. The van der Waals surface area contributed by atoms with E-state index in [9.17, 15) is 18.0 Å². The number of carbonyl (C=O) groups excluding carboxylic acids is 1. The van der Waals surface area contributed by atoms with Crippen molar-refractivity contribution in [2.24, 2.45) is 5.10 Å². The molecular formula is C16H13F3N2O2. The first kappa shape index (κ1) is 16.5. The third-order valence-corrected chi connectivity index (χ3v) is 2.77. The van der Waals surface area contributed by atoms with Crippen LogP contribution in [0.25, 0.3) is 6.08 Å². The van der Waals surface area contributed by atoms with Crippen LogP contribution in [0.15, 0.2) is 58.3 Å². The third kappa shape index (κ3) is 5.46. The number of furan rings is 1. The Morgan fingerprint density at radius 1 is 1.26 bits per heavy atom. The van der Waals surface area contributed by atoms with Gasteiger partial charge in [0.15, 0.2) is 0 Å². The molecule has 23 heavy (non-hydrogen) atoms. The third-order valence-electron chi connectivity index (χ3n) is 2.77. The maximum atomic E-state index is 12.6. The topological polar surface area (TPSA) is 54.6 Å². The van der Waals surface area contributed by atoms with Gasteiger partial charge in [-0.25, -0.2) is 5.43 Å². The second kappa shape index (κ2) is 7.44. The largest absolute Gasteiger partial charge is 0.465 e. The van der Waals surface area contributed by atoms with E-state index in [1.54, 1.807) is 24.3 Å². The minimum absolute atomic E-state index is 0.191. The van der Waals surface area contributed by atoms with Gasteiger partial charge in [-0.1, -0.05) is 18.2 Å². The molecule has 0 aliphatic rings. The Hall–Kier alpha value is -2.83. The molecule has 7 heteroatoms. The maximum Gasteiger partial charge on any atom is 0.416 e. The molecule has 1 aromatic heterocycles. The molecule has 0 fully saturated rings. The van der Waals surface area contributed by atoms with E-state index in [4.69, 9.17) is 4.42 Å². The SMILES string of the molecule is O=C(Cc1cccc(C(F)(F)F)c1)N/N=C\C=C\c1ccco1. The molecule has 0 aliphatic heterocycles. The molecule has 0 unspecified atom stereocenters. The minimum Gasteiger partial charge on any atom is -0.465 e. The summed E-state index contributed by atoms with van der Waals surface area (Å²) in [6.07, 6.45) is 1.44. The molecule has 0 spiro atoms. The minimum atomic E-state index is -4.43. The van der Waals surface area contributed by atoms with Gasteiger partial charge in [-0.3, -0.25) is 4.79 Å². The number of hydrazone groups is 1. The van der Waals surface area contributed by atoms with Crippen molar-refractivity contribution < 1.29 is 22.4 Å². The number of amides is 1. The van der Waals surface area contributed by atoms with Gasteiger partial charge in [-0.2, -0.15) is 18.3 Å². The highest BCUT2D eigenvalue weighted by Crippen LogP contribution is 2.29. The highest BCUT2D eigenvalue weighted by Gasteiger charge is 2.30. The van der Waals surface area contributed by atoms with Gasteiger partial charge >= 0.3 is 6.18 Å². The lowest BCUT2D eigenvalue weighted by Crippen LogP contribution is -2.19. The van der Waals surface area contributed by atoms with Crippen molar-refractivity contribution in [3.63, 3.8) is 0 Å². The highest BCUT2D eigenvalue weighted by atomic mass is 19.4. The fraction of sp³-hybridized carbons (Fsp3) is 0.125. The Balaban J connectivity index is 1.85. The van der Waals surface area contributed by atoms with E-state index >= 15 is 0 Å². The molecule has 1 amide bonds. The van der Waals surface area contributed by atoms with Gasteiger partial charge in [0.1, 0.15) is 5.76 Å². The fourth-order valence-electron chi connectivity index (χ4n) is 1.76. The summed E-state index contributed by atoms with van der Waals surface area (Å²) in [4.78, 5) is 11.6. The monoisotopic (exact) mass is 322 g/mol. The van der Waals surface area contributed by atoms with Gasteiger partial charge in [0.2, 0.25) is 5.91 Å². The Morgan fingerprint density at radius 2 is 2.09 bits per heavy atom. The van der Waals surface area contributed by atoms with Gasteiger partial charge < -0.3 is 4.42 Å². The van der Waals surface area contributed by atoms with Crippen LogP contribution in [0.3, 0.4) is 0 Å². The van der Waals surface area contributed by atoms with Crippen LogP contribution >= 0.6 is 0 Å². The first-order valence-electron chi connectivity index (χ1n) is 6.63. The molecule has 4 nitrogen and oxygen atoms in total. The second-order valence-corrected chi connectivity index (χ2v) is 4.56. The Labute approximate surface area is 130 Å². The van der Waals surface area contributed by atoms with Crippen molar-refractivity contribution in [2.45, 2.75) is 12.6 Å². The van der Waals surface area contributed by atoms with Crippen LogP contribution in [0, 0.1) is 0 Å². The van der Waals surface area contributed by atoms with E-state index in [0.29, 0.717) is 5.76 Å². The Morgan fingerprint density at radius 3 is 2.78 bits per heavy atom. The van der Waals surface area contributed by atoms with E-state index < -0.39 is 17.6 Å². The Kier molecular flexibility index (Phi) is 5.35. The van der Waals surface area contributed by atoms with Crippen molar-refractivity contribution in [2.75, 3.05) is 0 Å². The lowest BCUT2D eigenvalue weighted by atomic mass is 10.1. The lowest BCUT2D eigenvalue weighted by Gasteiger charge is -2.08. The van der Waals surface area contributed by atoms with Crippen LogP contribution in [-0.2, 0) is 17.4 Å². The smallest absolute Gasteiger partial charge is 0.416 e. The van der Waals surface area contributed by atoms with Gasteiger partial charge in [0.25, 0.3) is 0 Å². The van der Waals surface area contributed by atoms with E-state index in [2.05, 4.69) is 10.5 Å². The lowest BCUT2D eigenvalue weighted by molar-refractivity contribution is -0.137. The summed E-state index contributed by atoms with van der Waals surface area (Å²) in [6, 6.07) is 8.10. The van der Waals surface area contributed by atoms with Gasteiger partial charge in [-0.05, 0) is 35.9 Å². The molecule has 1 heterocycles. The molecule has 0 radical (unpaired) electrons. The summed E-state index contributed by atoms with van der Waals surface area (Å²) in [7, 11) is 0. The molecule has 1 N–H and O–H groups in total. The normalized spacial score (nSPS) is 12.1. The van der Waals surface area contributed by atoms with E-state index in [0.717, 1.165) is 12.1 Å². The van der Waals surface area contributed by atoms with E-state index in [-0.39, 0.29) is 12.0 Å². The number of allylic oxidation sites excluding steroid dienone is 1. The molecule has 0 aliphatic carbocycles. The molecule has 0 atom stereocenters. The van der Waals surface area contributed by atoms with Crippen molar-refractivity contribution in [3.8, 4) is 0 Å². The molecule has 0 saturated heterocycles. The van der Waals surface area contributed by atoms with E-state index in [1.807, 2.05) is 0 Å². The zero-order chi connectivity index (χ0) is 16.7. The number of hydrogen-bond donors (Lipinski definition) is 1. The van der Waals surface area contributed by atoms with Crippen molar-refractivity contribution >= 4 is 18.2 Å². The van der Waals surface area contributed by atoms with Crippen LogP contribution < -0.4 is 5.43 Å². The quantitative estimate of drug-likeness (QED) is 0.675. The van der Waals surface area contributed by atoms with Crippen molar-refractivity contribution in [1.29, 1.82) is 0 Å². The number of alkyl halides is 3. The van der Waals surface area contributed by atoms with Crippen LogP contribution in [0.1, 0.15) is 16.9 Å². The standard InChI is InChI=1S/C16H13F3N2O2/c17-16(18,19)13-5-1-4-12(10-13)11-15(22)21-20-8-2-6-14-7-3-9-23-14/h1-10H,11H2,(H,21,22)/b6-2+,20-8-. The van der Waals surface area contributed by atoms with E-state index in [1.165, 1.54) is 24.6 Å². The van der Waals surface area contributed by atoms with Crippen LogP contribution in [0.2, 0.25) is 0 Å². The molecule has 2 aromatic rings. The van der Waals surface area contributed by atoms with Crippen LogP contribution in [0.5, 0.6) is 0 Å². The van der Waals surface area contributed by atoms with Gasteiger partial charge in [-0.15, -0.1) is 0 Å². The molecule has 120 valence electrons. The van der Waals surface area contributed by atoms with Crippen molar-refractivity contribution in [3.05, 3.63) is 65.6 Å². The van der Waals surface area contributed by atoms with Gasteiger partial charge in [0.05, 0.1) is 18.2 Å². The number of hydrogen-bond acceptors (Lipinski definition) is 3. The summed E-state index contributed by atoms with van der Waals surface area (Å²) in [5.74, 6) is 0.124. The predicted molar refractivity (Wildman–Crippen MR) is 79.5 cm³/mol. The number of rotatable bonds is 5. The number of nitrogens with zero attached hydrogens (tertiary/aromatic N) is 1. The molecule has 1 aromatic carbocycles. The maximum absolute atomic E-state index is 12.6. The van der Waals surface area contributed by atoms with Crippen LogP contribution in [0.4, 0.5) is 13.2 Å². The Bertz CT molecular complexity index is 704. The summed E-state index contributed by atoms with van der Waals surface area (Å²) < 4.78 is 42.8. The molecule has 0 bridgehead atoms. The second-order valence-electron chi connectivity index (χ2n) is 4.56. The fourth-order valence-corrected chi connectivity index (χ4v) is 1.76. The van der Waals surface area contributed by atoms with Gasteiger partial charge in [0, 0.05) is 6.21 Å². The summed E-state index contributed by atoms with van der Waals surface area (Å²) in [6.45, 7) is 0. The van der Waals surface area contributed by atoms with Crippen LogP contribution in [-0.4, -0.2) is 12.1 Å². The van der Waals surface area contributed by atoms with Crippen molar-refractivity contribution in [1.82, 2.24) is 5.43 Å². The zero-order valence-electron chi connectivity index (χ0n) is 11.9. The first-order chi connectivity index (χ1) is 10.9. The average Bonchev–Trinajstić information content (AvgIpc) is 2.99. The summed E-state index contributed by atoms with van der Waals surface area (Å²) in [5.41, 5.74) is 1.71. The number of carbonyl (C=O) groups is 1. The summed E-state index contributed by atoms with van der Waals surface area (Å²) >= 11 is 0. The zero-order valence-corrected chi connectivity index (χ0v) is 11.9.